The van der Waals surface area contributed by atoms with Crippen molar-refractivity contribution in [1.29, 1.82) is 0 Å². The number of aliphatic hydroxyl groups excluding tert-OH is 1. The Morgan fingerprint density at radius 3 is 2.75 bits per heavy atom. The van der Waals surface area contributed by atoms with E-state index in [2.05, 4.69) is 0 Å². The van der Waals surface area contributed by atoms with Crippen molar-refractivity contribution >= 4 is 0 Å². The number of nitrogens with zero attached hydrogens (tertiary/aromatic N) is 1. The predicted octanol–water partition coefficient (Wildman–Crippen LogP) is 1.41. The van der Waals surface area contributed by atoms with Crippen LogP contribution in [0.25, 0.3) is 0 Å². The number of halogens is 3. The van der Waals surface area contributed by atoms with Crippen molar-refractivity contribution in [1.82, 2.24) is 4.90 Å². The average Bonchev–Trinajstić information content (AvgIpc) is 2.17. The van der Waals surface area contributed by atoms with Crippen LogP contribution in [0.3, 0.4) is 0 Å². The number of ether oxygens (including phenoxy) is 1. The summed E-state index contributed by atoms with van der Waals surface area (Å²) in [6.45, 7) is 3.15. The Kier molecular flexibility index (Phi) is 5.01. The molecule has 1 aliphatic heterocycles. The van der Waals surface area contributed by atoms with E-state index in [-0.39, 0.29) is 12.6 Å². The van der Waals surface area contributed by atoms with Crippen LogP contribution in [-0.2, 0) is 4.74 Å². The van der Waals surface area contributed by atoms with Gasteiger partial charge in [-0.2, -0.15) is 13.2 Å². The molecule has 1 aliphatic rings. The van der Waals surface area contributed by atoms with Gasteiger partial charge in [0.2, 0.25) is 0 Å². The largest absolute Gasteiger partial charge is 0.415 e. The third-order valence-electron chi connectivity index (χ3n) is 2.67. The van der Waals surface area contributed by atoms with Crippen LogP contribution in [0.1, 0.15) is 19.8 Å². The van der Waals surface area contributed by atoms with E-state index in [1.807, 2.05) is 6.92 Å². The molecule has 0 saturated carbocycles. The van der Waals surface area contributed by atoms with Crippen molar-refractivity contribution in [2.24, 2.45) is 0 Å². The molecule has 1 rings (SSSR count). The van der Waals surface area contributed by atoms with Crippen molar-refractivity contribution in [2.75, 3.05) is 26.2 Å². The molecule has 1 heterocycles. The zero-order valence-electron chi connectivity index (χ0n) is 9.33. The monoisotopic (exact) mass is 241 g/mol. The Labute approximate surface area is 93.2 Å². The number of piperidine rings is 1. The van der Waals surface area contributed by atoms with Gasteiger partial charge in [0.25, 0.3) is 0 Å². The lowest BCUT2D eigenvalue weighted by Crippen LogP contribution is -2.47. The van der Waals surface area contributed by atoms with E-state index in [0.717, 1.165) is 12.8 Å². The predicted molar refractivity (Wildman–Crippen MR) is 53.1 cm³/mol. The minimum absolute atomic E-state index is 0.000756. The van der Waals surface area contributed by atoms with Gasteiger partial charge in [-0.1, -0.05) is 0 Å². The van der Waals surface area contributed by atoms with Gasteiger partial charge in [0.1, 0.15) is 0 Å². The molecule has 0 aliphatic carbocycles. The number of β-amino-alcohol motifs (C(OH)–C–C–N with tert-alkyl or cyclic N) is 1. The number of hydrogen-bond acceptors (Lipinski definition) is 3. The lowest BCUT2D eigenvalue weighted by atomic mass is 10.1. The van der Waals surface area contributed by atoms with Gasteiger partial charge in [-0.25, -0.2) is 0 Å². The Balaban J connectivity index is 2.37. The van der Waals surface area contributed by atoms with Crippen LogP contribution in [0.15, 0.2) is 0 Å². The molecule has 16 heavy (non-hydrogen) atoms. The highest BCUT2D eigenvalue weighted by Gasteiger charge is 2.39. The zero-order chi connectivity index (χ0) is 12.2. The normalized spacial score (nSPS) is 25.7. The first kappa shape index (κ1) is 13.7. The van der Waals surface area contributed by atoms with Crippen LogP contribution in [0.2, 0.25) is 0 Å². The molecule has 2 atom stereocenters. The van der Waals surface area contributed by atoms with Crippen LogP contribution < -0.4 is 0 Å². The van der Waals surface area contributed by atoms with Gasteiger partial charge in [-0.05, 0) is 26.3 Å². The van der Waals surface area contributed by atoms with E-state index in [1.165, 1.54) is 0 Å². The molecular weight excluding hydrogens is 223 g/mol. The number of alkyl halides is 3. The summed E-state index contributed by atoms with van der Waals surface area (Å²) in [5, 5.41) is 8.95. The lowest BCUT2D eigenvalue weighted by molar-refractivity contribution is -0.209. The van der Waals surface area contributed by atoms with Crippen LogP contribution in [0.4, 0.5) is 13.2 Å². The van der Waals surface area contributed by atoms with Crippen LogP contribution >= 0.6 is 0 Å². The van der Waals surface area contributed by atoms with E-state index in [0.29, 0.717) is 19.7 Å². The fraction of sp³-hybridized carbons (Fsp3) is 1.00. The fourth-order valence-electron chi connectivity index (χ4n) is 1.90. The first-order chi connectivity index (χ1) is 7.43. The van der Waals surface area contributed by atoms with E-state index < -0.39 is 12.3 Å². The van der Waals surface area contributed by atoms with Crippen LogP contribution in [0, 0.1) is 0 Å². The molecule has 96 valence electrons. The van der Waals surface area contributed by atoms with Gasteiger partial charge < -0.3 is 9.84 Å². The third-order valence-corrected chi connectivity index (χ3v) is 2.67. The smallest absolute Gasteiger partial charge is 0.382 e. The quantitative estimate of drug-likeness (QED) is 0.807. The van der Waals surface area contributed by atoms with Crippen molar-refractivity contribution in [3.63, 3.8) is 0 Å². The zero-order valence-corrected chi connectivity index (χ0v) is 9.33. The number of likely N-dealkylation sites (tertiary alicyclic amines) is 1. The molecule has 0 bridgehead atoms. The van der Waals surface area contributed by atoms with E-state index in [4.69, 9.17) is 9.84 Å². The fourth-order valence-corrected chi connectivity index (χ4v) is 1.90. The van der Waals surface area contributed by atoms with Crippen molar-refractivity contribution < 1.29 is 23.0 Å². The summed E-state index contributed by atoms with van der Waals surface area (Å²) in [6.07, 6.45) is -5.09. The molecule has 0 aromatic rings. The molecular formula is C10H18F3NO2. The minimum Gasteiger partial charge on any atom is -0.382 e. The summed E-state index contributed by atoms with van der Waals surface area (Å²) in [5.41, 5.74) is 0. The standard InChI is InChI=1S/C10H18F3NO2/c1-2-16-8-4-3-5-14(6-8)7-9(15)10(11,12)13/h8-9,15H,2-7H2,1H3. The second kappa shape index (κ2) is 5.84. The van der Waals surface area contributed by atoms with Gasteiger partial charge in [-0.3, -0.25) is 4.90 Å². The topological polar surface area (TPSA) is 32.7 Å². The molecule has 0 amide bonds. The third kappa shape index (κ3) is 4.27. The van der Waals surface area contributed by atoms with Gasteiger partial charge in [0, 0.05) is 19.7 Å². The Hall–Kier alpha value is -0.330. The Bertz CT molecular complexity index is 209. The van der Waals surface area contributed by atoms with Gasteiger partial charge >= 0.3 is 6.18 Å². The maximum Gasteiger partial charge on any atom is 0.415 e. The summed E-state index contributed by atoms with van der Waals surface area (Å²) in [4.78, 5) is 1.61. The summed E-state index contributed by atoms with van der Waals surface area (Å²) in [5.74, 6) is 0. The molecule has 1 fully saturated rings. The van der Waals surface area contributed by atoms with Gasteiger partial charge in [0.05, 0.1) is 6.10 Å². The SMILES string of the molecule is CCOC1CCCN(CC(O)C(F)(F)F)C1. The number of hydrogen-bond donors (Lipinski definition) is 1. The highest BCUT2D eigenvalue weighted by Crippen LogP contribution is 2.22. The molecule has 1 N–H and O–H groups in total. The molecule has 3 nitrogen and oxygen atoms in total. The van der Waals surface area contributed by atoms with E-state index in [9.17, 15) is 13.2 Å². The molecule has 6 heteroatoms. The molecule has 0 radical (unpaired) electrons. The second-order valence-corrected chi connectivity index (χ2v) is 4.04. The van der Waals surface area contributed by atoms with Crippen LogP contribution in [-0.4, -0.2) is 54.6 Å². The Morgan fingerprint density at radius 1 is 1.50 bits per heavy atom. The average molecular weight is 241 g/mol. The van der Waals surface area contributed by atoms with E-state index in [1.54, 1.807) is 4.90 Å². The summed E-state index contributed by atoms with van der Waals surface area (Å²) in [6, 6.07) is 0. The van der Waals surface area contributed by atoms with Crippen LogP contribution in [0.5, 0.6) is 0 Å². The summed E-state index contributed by atoms with van der Waals surface area (Å²) < 4.78 is 41.8. The van der Waals surface area contributed by atoms with E-state index >= 15 is 0 Å². The van der Waals surface area contributed by atoms with Crippen molar-refractivity contribution in [3.05, 3.63) is 0 Å². The summed E-state index contributed by atoms with van der Waals surface area (Å²) >= 11 is 0. The first-order valence-corrected chi connectivity index (χ1v) is 5.52. The number of aliphatic hydroxyl groups is 1. The van der Waals surface area contributed by atoms with Crippen molar-refractivity contribution in [3.8, 4) is 0 Å². The lowest BCUT2D eigenvalue weighted by Gasteiger charge is -2.33. The highest BCUT2D eigenvalue weighted by atomic mass is 19.4. The second-order valence-electron chi connectivity index (χ2n) is 4.04. The molecule has 0 spiro atoms. The summed E-state index contributed by atoms with van der Waals surface area (Å²) in [7, 11) is 0. The van der Waals surface area contributed by atoms with Crippen molar-refractivity contribution in [2.45, 2.75) is 38.1 Å². The highest BCUT2D eigenvalue weighted by molar-refractivity contribution is 4.77. The maximum absolute atomic E-state index is 12.1. The molecule has 1 saturated heterocycles. The molecule has 0 aromatic carbocycles. The molecule has 0 aromatic heterocycles. The minimum atomic E-state index is -4.53. The maximum atomic E-state index is 12.1. The Morgan fingerprint density at radius 2 is 2.19 bits per heavy atom. The van der Waals surface area contributed by atoms with Gasteiger partial charge in [0.15, 0.2) is 6.10 Å². The van der Waals surface area contributed by atoms with Gasteiger partial charge in [-0.15, -0.1) is 0 Å². The first-order valence-electron chi connectivity index (χ1n) is 5.52. The number of rotatable bonds is 4. The molecule has 2 unspecified atom stereocenters.